The van der Waals surface area contributed by atoms with Crippen LogP contribution in [-0.2, 0) is 24.2 Å². The van der Waals surface area contributed by atoms with Crippen LogP contribution >= 0.6 is 0 Å². The number of carbonyl (C=O) groups excluding carboxylic acids is 1. The predicted octanol–water partition coefficient (Wildman–Crippen LogP) is 6.49. The lowest BCUT2D eigenvalue weighted by molar-refractivity contribution is -0.122. The highest BCUT2D eigenvalue weighted by Crippen LogP contribution is 2.31. The van der Waals surface area contributed by atoms with Crippen molar-refractivity contribution < 1.29 is 9.53 Å². The third kappa shape index (κ3) is 3.75. The standard InChI is InChI=1S/C28H30N2O2/c1-3-27(32-22-15-13-19-9-5-6-10-20(19)17-22)28(31)29-21-14-16-26-24(18-21)23-11-7-8-12-25(23)30(26)4-2/h7-8,11-18,27H,3-6,9-10H2,1-2H3,(H,29,31). The summed E-state index contributed by atoms with van der Waals surface area (Å²) in [5.74, 6) is 0.679. The van der Waals surface area contributed by atoms with Crippen molar-refractivity contribution in [3.63, 3.8) is 0 Å². The molecule has 0 fully saturated rings. The number of hydrogen-bond acceptors (Lipinski definition) is 2. The molecule has 0 radical (unpaired) electrons. The van der Waals surface area contributed by atoms with Crippen LogP contribution in [0.3, 0.4) is 0 Å². The second-order valence-corrected chi connectivity index (χ2v) is 8.63. The average Bonchev–Trinajstić information content (AvgIpc) is 3.15. The van der Waals surface area contributed by atoms with Gasteiger partial charge in [0.1, 0.15) is 5.75 Å². The Balaban J connectivity index is 1.38. The molecule has 164 valence electrons. The number of ether oxygens (including phenoxy) is 1. The summed E-state index contributed by atoms with van der Waals surface area (Å²) in [6.45, 7) is 5.05. The number of amides is 1. The molecule has 3 aromatic carbocycles. The molecule has 5 rings (SSSR count). The number of benzene rings is 3. The Labute approximate surface area is 189 Å². The summed E-state index contributed by atoms with van der Waals surface area (Å²) in [7, 11) is 0. The fraction of sp³-hybridized carbons (Fsp3) is 0.321. The van der Waals surface area contributed by atoms with E-state index in [2.05, 4.69) is 65.3 Å². The molecule has 1 heterocycles. The van der Waals surface area contributed by atoms with E-state index in [0.717, 1.165) is 36.2 Å². The van der Waals surface area contributed by atoms with Crippen molar-refractivity contribution in [2.75, 3.05) is 5.32 Å². The molecule has 1 amide bonds. The second kappa shape index (κ2) is 8.70. The molecule has 0 saturated carbocycles. The highest BCUT2D eigenvalue weighted by molar-refractivity contribution is 6.10. The van der Waals surface area contributed by atoms with Crippen molar-refractivity contribution in [2.24, 2.45) is 0 Å². The van der Waals surface area contributed by atoms with Crippen molar-refractivity contribution >= 4 is 33.4 Å². The Morgan fingerprint density at radius 1 is 0.938 bits per heavy atom. The molecule has 1 unspecified atom stereocenters. The minimum absolute atomic E-state index is 0.108. The first kappa shape index (κ1) is 20.6. The maximum atomic E-state index is 13.1. The van der Waals surface area contributed by atoms with E-state index in [4.69, 9.17) is 4.74 Å². The Kier molecular flexibility index (Phi) is 5.60. The maximum Gasteiger partial charge on any atom is 0.265 e. The normalized spacial score (nSPS) is 14.3. The third-order valence-electron chi connectivity index (χ3n) is 6.62. The molecule has 4 aromatic rings. The van der Waals surface area contributed by atoms with Crippen LogP contribution < -0.4 is 10.1 Å². The molecular formula is C28H30N2O2. The summed E-state index contributed by atoms with van der Waals surface area (Å²) in [4.78, 5) is 13.1. The highest BCUT2D eigenvalue weighted by atomic mass is 16.5. The molecule has 1 atom stereocenters. The zero-order valence-electron chi connectivity index (χ0n) is 18.9. The van der Waals surface area contributed by atoms with Gasteiger partial charge in [-0.3, -0.25) is 4.79 Å². The molecule has 4 nitrogen and oxygen atoms in total. The van der Waals surface area contributed by atoms with E-state index in [1.54, 1.807) is 0 Å². The first-order chi connectivity index (χ1) is 15.7. The molecule has 0 bridgehead atoms. The molecule has 0 spiro atoms. The lowest BCUT2D eigenvalue weighted by Crippen LogP contribution is -2.32. The van der Waals surface area contributed by atoms with E-state index >= 15 is 0 Å². The van der Waals surface area contributed by atoms with Crippen molar-refractivity contribution in [3.8, 4) is 5.75 Å². The lowest BCUT2D eigenvalue weighted by Gasteiger charge is -2.20. The minimum atomic E-state index is -0.524. The van der Waals surface area contributed by atoms with E-state index in [1.165, 1.54) is 40.4 Å². The number of fused-ring (bicyclic) bond motifs is 4. The van der Waals surface area contributed by atoms with E-state index in [1.807, 2.05) is 19.1 Å². The first-order valence-electron chi connectivity index (χ1n) is 11.8. The van der Waals surface area contributed by atoms with Gasteiger partial charge in [0.15, 0.2) is 6.10 Å². The van der Waals surface area contributed by atoms with Gasteiger partial charge in [-0.05, 0) is 86.6 Å². The number of hydrogen-bond donors (Lipinski definition) is 1. The van der Waals surface area contributed by atoms with Crippen LogP contribution in [0.5, 0.6) is 5.75 Å². The summed E-state index contributed by atoms with van der Waals surface area (Å²) in [6, 6.07) is 20.9. The van der Waals surface area contributed by atoms with Gasteiger partial charge in [0, 0.05) is 34.0 Å². The van der Waals surface area contributed by atoms with Crippen LogP contribution in [0.15, 0.2) is 60.7 Å². The summed E-state index contributed by atoms with van der Waals surface area (Å²) in [6.07, 6.45) is 4.81. The zero-order chi connectivity index (χ0) is 22.1. The number of rotatable bonds is 6. The maximum absolute atomic E-state index is 13.1. The van der Waals surface area contributed by atoms with Gasteiger partial charge >= 0.3 is 0 Å². The van der Waals surface area contributed by atoms with Gasteiger partial charge < -0.3 is 14.6 Å². The molecular weight excluding hydrogens is 396 g/mol. The lowest BCUT2D eigenvalue weighted by atomic mass is 9.92. The van der Waals surface area contributed by atoms with Gasteiger partial charge in [0.2, 0.25) is 0 Å². The van der Waals surface area contributed by atoms with Crippen LogP contribution in [0.2, 0.25) is 0 Å². The Morgan fingerprint density at radius 2 is 1.72 bits per heavy atom. The largest absolute Gasteiger partial charge is 0.481 e. The van der Waals surface area contributed by atoms with Gasteiger partial charge in [-0.15, -0.1) is 0 Å². The van der Waals surface area contributed by atoms with Gasteiger partial charge in [-0.2, -0.15) is 0 Å². The fourth-order valence-corrected chi connectivity index (χ4v) is 4.96. The van der Waals surface area contributed by atoms with E-state index in [-0.39, 0.29) is 5.91 Å². The first-order valence-corrected chi connectivity index (χ1v) is 11.8. The number of anilines is 1. The van der Waals surface area contributed by atoms with E-state index in [0.29, 0.717) is 6.42 Å². The highest BCUT2D eigenvalue weighted by Gasteiger charge is 2.20. The van der Waals surface area contributed by atoms with Crippen LogP contribution in [-0.4, -0.2) is 16.6 Å². The predicted molar refractivity (Wildman–Crippen MR) is 132 cm³/mol. The van der Waals surface area contributed by atoms with Crippen molar-refractivity contribution in [1.29, 1.82) is 0 Å². The SMILES string of the molecule is CCC(Oc1ccc2c(c1)CCCC2)C(=O)Nc1ccc2c(c1)c1ccccc1n2CC. The smallest absolute Gasteiger partial charge is 0.265 e. The molecule has 0 aliphatic heterocycles. The number of nitrogens with zero attached hydrogens (tertiary/aromatic N) is 1. The van der Waals surface area contributed by atoms with Crippen LogP contribution in [0.25, 0.3) is 21.8 Å². The molecule has 4 heteroatoms. The van der Waals surface area contributed by atoms with Crippen molar-refractivity contribution in [3.05, 3.63) is 71.8 Å². The topological polar surface area (TPSA) is 43.3 Å². The summed E-state index contributed by atoms with van der Waals surface area (Å²) in [5, 5.41) is 5.45. The van der Waals surface area contributed by atoms with Crippen molar-refractivity contribution in [2.45, 2.75) is 58.6 Å². The van der Waals surface area contributed by atoms with Gasteiger partial charge in [0.05, 0.1) is 0 Å². The Morgan fingerprint density at radius 3 is 2.53 bits per heavy atom. The van der Waals surface area contributed by atoms with Gasteiger partial charge in [0.25, 0.3) is 5.91 Å². The van der Waals surface area contributed by atoms with Crippen LogP contribution in [0.4, 0.5) is 5.69 Å². The van der Waals surface area contributed by atoms with Crippen molar-refractivity contribution in [1.82, 2.24) is 4.57 Å². The van der Waals surface area contributed by atoms with E-state index < -0.39 is 6.10 Å². The molecule has 1 aliphatic carbocycles. The number of carbonyl (C=O) groups is 1. The fourth-order valence-electron chi connectivity index (χ4n) is 4.96. The van der Waals surface area contributed by atoms with Crippen LogP contribution in [0, 0.1) is 0 Å². The Bertz CT molecular complexity index is 1290. The van der Waals surface area contributed by atoms with Crippen LogP contribution in [0.1, 0.15) is 44.2 Å². The number of aryl methyl sites for hydroxylation is 3. The average molecular weight is 427 g/mol. The summed E-state index contributed by atoms with van der Waals surface area (Å²) >= 11 is 0. The molecule has 1 N–H and O–H groups in total. The number of para-hydroxylation sites is 1. The summed E-state index contributed by atoms with van der Waals surface area (Å²) < 4.78 is 8.44. The second-order valence-electron chi connectivity index (χ2n) is 8.63. The number of aromatic nitrogens is 1. The monoisotopic (exact) mass is 426 g/mol. The third-order valence-corrected chi connectivity index (χ3v) is 6.62. The summed E-state index contributed by atoms with van der Waals surface area (Å²) in [5.41, 5.74) is 5.98. The van der Waals surface area contributed by atoms with Gasteiger partial charge in [-0.1, -0.05) is 31.2 Å². The van der Waals surface area contributed by atoms with Gasteiger partial charge in [-0.25, -0.2) is 0 Å². The molecule has 1 aromatic heterocycles. The molecule has 0 saturated heterocycles. The molecule has 32 heavy (non-hydrogen) atoms. The van der Waals surface area contributed by atoms with E-state index in [9.17, 15) is 4.79 Å². The number of nitrogens with one attached hydrogen (secondary N) is 1. The minimum Gasteiger partial charge on any atom is -0.481 e. The quantitative estimate of drug-likeness (QED) is 0.383. The Hall–Kier alpha value is -3.27. The molecule has 1 aliphatic rings. The zero-order valence-corrected chi connectivity index (χ0v) is 18.9.